The average Bonchev–Trinajstić information content (AvgIpc) is 2.16. The van der Waals surface area contributed by atoms with Crippen molar-refractivity contribution in [3.63, 3.8) is 0 Å². The van der Waals surface area contributed by atoms with Crippen molar-refractivity contribution in [2.45, 2.75) is 24.7 Å². The maximum absolute atomic E-state index is 11.2. The first-order valence-electron chi connectivity index (χ1n) is 4.40. The van der Waals surface area contributed by atoms with Gasteiger partial charge < -0.3 is 0 Å². The lowest BCUT2D eigenvalue weighted by atomic mass is 9.98. The first kappa shape index (κ1) is 11.6. The van der Waals surface area contributed by atoms with Crippen LogP contribution < -0.4 is 0 Å². The van der Waals surface area contributed by atoms with Gasteiger partial charge in [-0.1, -0.05) is 24.6 Å². The van der Waals surface area contributed by atoms with Gasteiger partial charge in [0, 0.05) is 10.8 Å². The van der Waals surface area contributed by atoms with E-state index >= 15 is 0 Å². The Kier molecular flexibility index (Phi) is 4.02. The number of Topliss-reactive ketones (excluding diaryl/α,β-unsaturated/α-hetero) is 1. The number of carbonyl (C=O) groups is 1. The number of halogens is 1. The lowest BCUT2D eigenvalue weighted by molar-refractivity contribution is -0.118. The second-order valence-electron chi connectivity index (χ2n) is 3.23. The summed E-state index contributed by atoms with van der Waals surface area (Å²) < 4.78 is 0. The van der Waals surface area contributed by atoms with Crippen molar-refractivity contribution in [3.8, 4) is 0 Å². The van der Waals surface area contributed by atoms with Gasteiger partial charge in [0.1, 0.15) is 5.78 Å². The highest BCUT2D eigenvalue weighted by Crippen LogP contribution is 2.28. The first-order valence-corrected chi connectivity index (χ1v) is 6.00. The van der Waals surface area contributed by atoms with E-state index in [0.29, 0.717) is 0 Å². The summed E-state index contributed by atoms with van der Waals surface area (Å²) in [5.41, 5.74) is 0.986. The van der Waals surface area contributed by atoms with E-state index in [2.05, 4.69) is 0 Å². The molecule has 0 aliphatic carbocycles. The molecule has 0 radical (unpaired) electrons. The molecule has 0 spiro atoms. The molecule has 0 saturated carbocycles. The molecule has 0 aliphatic heterocycles. The monoisotopic (exact) mass is 228 g/mol. The van der Waals surface area contributed by atoms with E-state index in [1.807, 2.05) is 31.4 Å². The maximum Gasteiger partial charge on any atom is 0.136 e. The highest BCUT2D eigenvalue weighted by molar-refractivity contribution is 7.98. The van der Waals surface area contributed by atoms with Crippen molar-refractivity contribution in [2.75, 3.05) is 6.26 Å². The highest BCUT2D eigenvalue weighted by atomic mass is 35.5. The molecule has 1 atom stereocenters. The SMILES string of the molecule is CSc1ccc(C(C)C(C)=O)cc1Cl. The number of thioether (sulfide) groups is 1. The molecule has 0 aromatic heterocycles. The molecule has 1 nitrogen and oxygen atoms in total. The third-order valence-electron chi connectivity index (χ3n) is 2.29. The molecule has 0 heterocycles. The van der Waals surface area contributed by atoms with Gasteiger partial charge in [0.05, 0.1) is 5.02 Å². The molecule has 76 valence electrons. The van der Waals surface area contributed by atoms with Crippen LogP contribution in [0.2, 0.25) is 5.02 Å². The third kappa shape index (κ3) is 2.52. The van der Waals surface area contributed by atoms with Gasteiger partial charge in [-0.25, -0.2) is 0 Å². The number of benzene rings is 1. The topological polar surface area (TPSA) is 17.1 Å². The van der Waals surface area contributed by atoms with Gasteiger partial charge in [-0.05, 0) is 30.9 Å². The molecule has 3 heteroatoms. The Balaban J connectivity index is 3.02. The molecular formula is C11H13ClOS. The van der Waals surface area contributed by atoms with Crippen LogP contribution >= 0.6 is 23.4 Å². The summed E-state index contributed by atoms with van der Waals surface area (Å²) in [6.07, 6.45) is 1.98. The van der Waals surface area contributed by atoms with E-state index in [0.717, 1.165) is 15.5 Å². The Morgan fingerprint density at radius 2 is 2.14 bits per heavy atom. The van der Waals surface area contributed by atoms with Gasteiger partial charge in [-0.15, -0.1) is 11.8 Å². The Bertz CT molecular complexity index is 349. The summed E-state index contributed by atoms with van der Waals surface area (Å²) >= 11 is 7.65. The summed E-state index contributed by atoms with van der Waals surface area (Å²) in [6.45, 7) is 3.49. The van der Waals surface area contributed by atoms with Crippen molar-refractivity contribution in [3.05, 3.63) is 28.8 Å². The molecule has 14 heavy (non-hydrogen) atoms. The van der Waals surface area contributed by atoms with Gasteiger partial charge in [0.25, 0.3) is 0 Å². The van der Waals surface area contributed by atoms with Crippen molar-refractivity contribution in [2.24, 2.45) is 0 Å². The fraction of sp³-hybridized carbons (Fsp3) is 0.364. The number of hydrogen-bond donors (Lipinski definition) is 0. The highest BCUT2D eigenvalue weighted by Gasteiger charge is 2.11. The van der Waals surface area contributed by atoms with Crippen LogP contribution in [0.3, 0.4) is 0 Å². The number of carbonyl (C=O) groups excluding carboxylic acids is 1. The van der Waals surface area contributed by atoms with Crippen molar-refractivity contribution in [1.82, 2.24) is 0 Å². The van der Waals surface area contributed by atoms with Crippen LogP contribution in [-0.4, -0.2) is 12.0 Å². The van der Waals surface area contributed by atoms with Crippen LogP contribution in [-0.2, 0) is 4.79 Å². The Labute approximate surface area is 93.8 Å². The molecule has 1 aromatic carbocycles. The second kappa shape index (κ2) is 4.85. The summed E-state index contributed by atoms with van der Waals surface area (Å²) in [6, 6.07) is 5.80. The average molecular weight is 229 g/mol. The molecule has 0 aliphatic rings. The number of hydrogen-bond acceptors (Lipinski definition) is 2. The largest absolute Gasteiger partial charge is 0.299 e. The zero-order valence-corrected chi connectivity index (χ0v) is 10.1. The number of rotatable bonds is 3. The Morgan fingerprint density at radius 3 is 2.57 bits per heavy atom. The lowest BCUT2D eigenvalue weighted by Crippen LogP contribution is -2.03. The smallest absolute Gasteiger partial charge is 0.136 e. The number of ketones is 1. The van der Waals surface area contributed by atoms with E-state index < -0.39 is 0 Å². The Morgan fingerprint density at radius 1 is 1.50 bits per heavy atom. The first-order chi connectivity index (χ1) is 6.56. The van der Waals surface area contributed by atoms with Crippen molar-refractivity contribution < 1.29 is 4.79 Å². The van der Waals surface area contributed by atoms with E-state index in [1.54, 1.807) is 18.7 Å². The fourth-order valence-electron chi connectivity index (χ4n) is 1.19. The van der Waals surface area contributed by atoms with Gasteiger partial charge in [-0.3, -0.25) is 4.79 Å². The van der Waals surface area contributed by atoms with E-state index in [4.69, 9.17) is 11.6 Å². The minimum Gasteiger partial charge on any atom is -0.299 e. The standard InChI is InChI=1S/C11H13ClOS/c1-7(8(2)13)9-4-5-11(14-3)10(12)6-9/h4-7H,1-3H3. The van der Waals surface area contributed by atoms with Crippen molar-refractivity contribution in [1.29, 1.82) is 0 Å². The van der Waals surface area contributed by atoms with Gasteiger partial charge in [-0.2, -0.15) is 0 Å². The predicted molar refractivity (Wildman–Crippen MR) is 62.3 cm³/mol. The predicted octanol–water partition coefficient (Wildman–Crippen LogP) is 3.75. The van der Waals surface area contributed by atoms with Gasteiger partial charge >= 0.3 is 0 Å². The minimum absolute atomic E-state index is 0.0663. The van der Waals surface area contributed by atoms with Gasteiger partial charge in [0.2, 0.25) is 0 Å². The molecule has 0 saturated heterocycles. The van der Waals surface area contributed by atoms with Gasteiger partial charge in [0.15, 0.2) is 0 Å². The summed E-state index contributed by atoms with van der Waals surface area (Å²) in [4.78, 5) is 12.2. The van der Waals surface area contributed by atoms with E-state index in [1.165, 1.54) is 0 Å². The van der Waals surface area contributed by atoms with Crippen molar-refractivity contribution >= 4 is 29.1 Å². The van der Waals surface area contributed by atoms with Crippen LogP contribution in [0.1, 0.15) is 25.3 Å². The quantitative estimate of drug-likeness (QED) is 0.733. The maximum atomic E-state index is 11.2. The molecule has 0 bridgehead atoms. The molecule has 0 amide bonds. The molecule has 1 aromatic rings. The minimum atomic E-state index is -0.0663. The van der Waals surface area contributed by atoms with E-state index in [9.17, 15) is 4.79 Å². The zero-order valence-electron chi connectivity index (χ0n) is 8.50. The molecule has 1 rings (SSSR count). The zero-order chi connectivity index (χ0) is 10.7. The second-order valence-corrected chi connectivity index (χ2v) is 4.48. The Hall–Kier alpha value is -0.470. The summed E-state index contributed by atoms with van der Waals surface area (Å²) in [5.74, 6) is 0.0985. The third-order valence-corrected chi connectivity index (χ3v) is 3.51. The van der Waals surface area contributed by atoms with Crippen LogP contribution in [0.25, 0.3) is 0 Å². The normalized spacial score (nSPS) is 12.6. The van der Waals surface area contributed by atoms with Crippen LogP contribution in [0.5, 0.6) is 0 Å². The van der Waals surface area contributed by atoms with Crippen LogP contribution in [0.4, 0.5) is 0 Å². The fourth-order valence-corrected chi connectivity index (χ4v) is 2.07. The summed E-state index contributed by atoms with van der Waals surface area (Å²) in [5, 5.41) is 0.725. The summed E-state index contributed by atoms with van der Waals surface area (Å²) in [7, 11) is 0. The van der Waals surface area contributed by atoms with E-state index in [-0.39, 0.29) is 11.7 Å². The molecule has 0 fully saturated rings. The molecule has 1 unspecified atom stereocenters. The van der Waals surface area contributed by atoms with Crippen LogP contribution in [0, 0.1) is 0 Å². The van der Waals surface area contributed by atoms with Crippen LogP contribution in [0.15, 0.2) is 23.1 Å². The molecule has 0 N–H and O–H groups in total. The molecular weight excluding hydrogens is 216 g/mol. The lowest BCUT2D eigenvalue weighted by Gasteiger charge is -2.09.